The SMILES string of the molecule is NCc1scc(C(=S)NCl)c1Cl. The third-order valence-electron chi connectivity index (χ3n) is 1.32. The van der Waals surface area contributed by atoms with Gasteiger partial charge in [0, 0.05) is 34.1 Å². The van der Waals surface area contributed by atoms with Crippen molar-refractivity contribution in [1.82, 2.24) is 4.84 Å². The van der Waals surface area contributed by atoms with Crippen molar-refractivity contribution in [2.24, 2.45) is 5.73 Å². The van der Waals surface area contributed by atoms with Gasteiger partial charge in [-0.15, -0.1) is 11.3 Å². The highest BCUT2D eigenvalue weighted by atomic mass is 35.5. The molecule has 12 heavy (non-hydrogen) atoms. The first-order valence-corrected chi connectivity index (χ1v) is 5.12. The van der Waals surface area contributed by atoms with Crippen LogP contribution in [0.4, 0.5) is 0 Å². The van der Waals surface area contributed by atoms with E-state index in [0.29, 0.717) is 16.6 Å². The van der Waals surface area contributed by atoms with Crippen molar-refractivity contribution in [1.29, 1.82) is 0 Å². The van der Waals surface area contributed by atoms with Gasteiger partial charge in [-0.2, -0.15) is 0 Å². The third kappa shape index (κ3) is 1.89. The molecule has 0 aliphatic rings. The Hall–Kier alpha value is 0.130. The second-order valence-electron chi connectivity index (χ2n) is 2.01. The van der Waals surface area contributed by atoms with Crippen LogP contribution in [0.3, 0.4) is 0 Å². The Morgan fingerprint density at radius 3 is 2.83 bits per heavy atom. The van der Waals surface area contributed by atoms with Crippen LogP contribution in [0.5, 0.6) is 0 Å². The quantitative estimate of drug-likeness (QED) is 0.616. The Kier molecular flexibility index (Phi) is 3.74. The van der Waals surface area contributed by atoms with Gasteiger partial charge in [-0.1, -0.05) is 23.8 Å². The molecule has 0 bridgehead atoms. The first-order valence-electron chi connectivity index (χ1n) is 3.07. The van der Waals surface area contributed by atoms with Crippen LogP contribution < -0.4 is 10.6 Å². The summed E-state index contributed by atoms with van der Waals surface area (Å²) in [6.07, 6.45) is 0. The zero-order valence-corrected chi connectivity index (χ0v) is 9.08. The first-order chi connectivity index (χ1) is 5.70. The maximum absolute atomic E-state index is 5.94. The predicted molar refractivity (Wildman–Crippen MR) is 57.9 cm³/mol. The Balaban J connectivity index is 3.02. The second kappa shape index (κ2) is 4.39. The molecule has 1 aromatic heterocycles. The molecular formula is C6H6Cl2N2S2. The monoisotopic (exact) mass is 240 g/mol. The summed E-state index contributed by atoms with van der Waals surface area (Å²) in [7, 11) is 0. The Labute approximate surface area is 89.8 Å². The van der Waals surface area contributed by atoms with E-state index in [4.69, 9.17) is 41.3 Å². The molecule has 0 atom stereocenters. The van der Waals surface area contributed by atoms with E-state index < -0.39 is 0 Å². The Bertz CT molecular complexity index is 298. The van der Waals surface area contributed by atoms with Crippen molar-refractivity contribution in [3.05, 3.63) is 20.8 Å². The molecule has 0 unspecified atom stereocenters. The summed E-state index contributed by atoms with van der Waals surface area (Å²) < 4.78 is 0. The molecular weight excluding hydrogens is 235 g/mol. The molecule has 0 saturated carbocycles. The molecule has 0 saturated heterocycles. The highest BCUT2D eigenvalue weighted by Crippen LogP contribution is 2.27. The number of rotatable bonds is 2. The van der Waals surface area contributed by atoms with Crippen molar-refractivity contribution in [2.75, 3.05) is 0 Å². The van der Waals surface area contributed by atoms with E-state index in [-0.39, 0.29) is 0 Å². The molecule has 6 heteroatoms. The van der Waals surface area contributed by atoms with Crippen LogP contribution in [0.1, 0.15) is 10.4 Å². The van der Waals surface area contributed by atoms with Gasteiger partial charge in [0.2, 0.25) is 0 Å². The maximum Gasteiger partial charge on any atom is 0.123 e. The maximum atomic E-state index is 5.94. The zero-order chi connectivity index (χ0) is 9.14. The van der Waals surface area contributed by atoms with Gasteiger partial charge in [-0.3, -0.25) is 4.84 Å². The zero-order valence-electron chi connectivity index (χ0n) is 5.93. The van der Waals surface area contributed by atoms with E-state index in [1.54, 1.807) is 0 Å². The van der Waals surface area contributed by atoms with E-state index in [1.165, 1.54) is 11.3 Å². The van der Waals surface area contributed by atoms with Crippen LogP contribution in [0.25, 0.3) is 0 Å². The molecule has 0 spiro atoms. The van der Waals surface area contributed by atoms with Crippen LogP contribution in [-0.4, -0.2) is 4.99 Å². The van der Waals surface area contributed by atoms with Gasteiger partial charge in [0.05, 0.1) is 5.02 Å². The minimum absolute atomic E-state index is 0.425. The van der Waals surface area contributed by atoms with E-state index in [2.05, 4.69) is 4.84 Å². The van der Waals surface area contributed by atoms with E-state index in [0.717, 1.165) is 10.4 Å². The topological polar surface area (TPSA) is 38.0 Å². The van der Waals surface area contributed by atoms with Crippen molar-refractivity contribution in [3.8, 4) is 0 Å². The Morgan fingerprint density at radius 2 is 2.42 bits per heavy atom. The molecule has 0 aliphatic heterocycles. The van der Waals surface area contributed by atoms with Gasteiger partial charge in [0.25, 0.3) is 0 Å². The van der Waals surface area contributed by atoms with Crippen molar-refractivity contribution >= 4 is 51.9 Å². The Morgan fingerprint density at radius 1 is 1.75 bits per heavy atom. The van der Waals surface area contributed by atoms with Gasteiger partial charge >= 0.3 is 0 Å². The minimum atomic E-state index is 0.425. The van der Waals surface area contributed by atoms with Crippen LogP contribution >= 0.6 is 46.9 Å². The summed E-state index contributed by atoms with van der Waals surface area (Å²) in [5.74, 6) is 0. The summed E-state index contributed by atoms with van der Waals surface area (Å²) in [5.41, 5.74) is 6.18. The van der Waals surface area contributed by atoms with Gasteiger partial charge in [-0.25, -0.2) is 0 Å². The second-order valence-corrected chi connectivity index (χ2v) is 3.95. The van der Waals surface area contributed by atoms with Crippen molar-refractivity contribution < 1.29 is 0 Å². The molecule has 3 N–H and O–H groups in total. The van der Waals surface area contributed by atoms with E-state index >= 15 is 0 Å². The lowest BCUT2D eigenvalue weighted by atomic mass is 10.3. The standard InChI is InChI=1S/C6H6Cl2N2S2/c7-5-3(6(11)10-8)2-12-4(5)1-9/h2H,1,9H2,(H,10,11). The number of nitrogens with one attached hydrogen (secondary N) is 1. The fourth-order valence-corrected chi connectivity index (χ4v) is 2.35. The van der Waals surface area contributed by atoms with Crippen molar-refractivity contribution in [3.63, 3.8) is 0 Å². The summed E-state index contributed by atoms with van der Waals surface area (Å²) >= 11 is 17.7. The number of nitrogens with two attached hydrogens (primary N) is 1. The number of halogens is 2. The fraction of sp³-hybridized carbons (Fsp3) is 0.167. The third-order valence-corrected chi connectivity index (χ3v) is 3.49. The fourth-order valence-electron chi connectivity index (χ4n) is 0.726. The van der Waals surface area contributed by atoms with Crippen LogP contribution in [0, 0.1) is 0 Å². The normalized spacial score (nSPS) is 9.92. The van der Waals surface area contributed by atoms with Crippen molar-refractivity contribution in [2.45, 2.75) is 6.54 Å². The van der Waals surface area contributed by atoms with Gasteiger partial charge < -0.3 is 5.73 Å². The molecule has 66 valence electrons. The predicted octanol–water partition coefficient (Wildman–Crippen LogP) is 2.28. The first kappa shape index (κ1) is 10.2. The summed E-state index contributed by atoms with van der Waals surface area (Å²) in [6, 6.07) is 0. The summed E-state index contributed by atoms with van der Waals surface area (Å²) in [5, 5.41) is 2.43. The molecule has 0 aliphatic carbocycles. The van der Waals surface area contributed by atoms with Crippen LogP contribution in [-0.2, 0) is 6.54 Å². The van der Waals surface area contributed by atoms with E-state index in [9.17, 15) is 0 Å². The van der Waals surface area contributed by atoms with E-state index in [1.807, 2.05) is 5.38 Å². The molecule has 0 radical (unpaired) electrons. The number of thiocarbonyl (C=S) groups is 1. The highest BCUT2D eigenvalue weighted by molar-refractivity contribution is 7.80. The van der Waals surface area contributed by atoms with Gasteiger partial charge in [-0.05, 0) is 0 Å². The average molecular weight is 241 g/mol. The number of hydrogen-bond acceptors (Lipinski definition) is 3. The number of thiophene rings is 1. The molecule has 0 amide bonds. The lowest BCUT2D eigenvalue weighted by Crippen LogP contribution is -2.10. The lowest BCUT2D eigenvalue weighted by molar-refractivity contribution is 1.11. The van der Waals surface area contributed by atoms with Crippen LogP contribution in [0.2, 0.25) is 5.02 Å². The van der Waals surface area contributed by atoms with Gasteiger partial charge in [0.15, 0.2) is 0 Å². The molecule has 1 aromatic rings. The van der Waals surface area contributed by atoms with Crippen LogP contribution in [0.15, 0.2) is 5.38 Å². The lowest BCUT2D eigenvalue weighted by Gasteiger charge is -1.98. The largest absolute Gasteiger partial charge is 0.326 e. The average Bonchev–Trinajstić information content (AvgIpc) is 2.45. The molecule has 0 aromatic carbocycles. The highest BCUT2D eigenvalue weighted by Gasteiger charge is 2.11. The summed E-state index contributed by atoms with van der Waals surface area (Å²) in [6.45, 7) is 0.425. The smallest absolute Gasteiger partial charge is 0.123 e. The molecule has 0 fully saturated rings. The molecule has 1 rings (SSSR count). The molecule has 1 heterocycles. The van der Waals surface area contributed by atoms with Gasteiger partial charge in [0.1, 0.15) is 4.99 Å². The number of hydrogen-bond donors (Lipinski definition) is 2. The minimum Gasteiger partial charge on any atom is -0.326 e. The summed E-state index contributed by atoms with van der Waals surface area (Å²) in [4.78, 5) is 3.69. The molecule has 2 nitrogen and oxygen atoms in total.